The van der Waals surface area contributed by atoms with Crippen molar-refractivity contribution in [1.82, 2.24) is 29.9 Å². The smallest absolute Gasteiger partial charge is 0.194 e. The number of aliphatic imine (C=N–C) groups is 1. The van der Waals surface area contributed by atoms with Gasteiger partial charge in [0.05, 0.1) is 6.54 Å². The molecule has 142 valence electrons. The lowest BCUT2D eigenvalue weighted by Gasteiger charge is -2.36. The van der Waals surface area contributed by atoms with Crippen molar-refractivity contribution in [3.8, 4) is 0 Å². The predicted molar refractivity (Wildman–Crippen MR) is 107 cm³/mol. The minimum Gasteiger partial charge on any atom is -0.357 e. The number of guanidine groups is 1. The lowest BCUT2D eigenvalue weighted by atomic mass is 10.3. The van der Waals surface area contributed by atoms with E-state index >= 15 is 0 Å². The second-order valence-corrected chi connectivity index (χ2v) is 7.40. The highest BCUT2D eigenvalue weighted by Gasteiger charge is 2.19. The first-order chi connectivity index (χ1) is 12.8. The summed E-state index contributed by atoms with van der Waals surface area (Å²) in [5.41, 5.74) is 0. The molecule has 1 aliphatic rings. The van der Waals surface area contributed by atoms with E-state index in [4.69, 9.17) is 4.99 Å². The van der Waals surface area contributed by atoms with Crippen LogP contribution in [0.1, 0.15) is 24.5 Å². The molecule has 0 unspecified atom stereocenters. The third-order valence-electron chi connectivity index (χ3n) is 4.58. The van der Waals surface area contributed by atoms with E-state index in [0.717, 1.165) is 70.6 Å². The van der Waals surface area contributed by atoms with E-state index in [0.29, 0.717) is 0 Å². The lowest BCUT2D eigenvalue weighted by Crippen LogP contribution is -2.52. The first kappa shape index (κ1) is 18.8. The van der Waals surface area contributed by atoms with Crippen LogP contribution in [-0.2, 0) is 19.5 Å². The average Bonchev–Trinajstić information content (AvgIpc) is 3.33. The van der Waals surface area contributed by atoms with Crippen LogP contribution in [0.5, 0.6) is 0 Å². The minimum atomic E-state index is 0.739. The predicted octanol–water partition coefficient (Wildman–Crippen LogP) is 1.69. The van der Waals surface area contributed by atoms with E-state index in [9.17, 15) is 0 Å². The number of piperazine rings is 1. The fourth-order valence-corrected chi connectivity index (χ4v) is 3.92. The Morgan fingerprint density at radius 1 is 1.27 bits per heavy atom. The van der Waals surface area contributed by atoms with E-state index < -0.39 is 0 Å². The quantitative estimate of drug-likeness (QED) is 0.589. The molecular formula is C18H29N7S. The number of aryl methyl sites for hydroxylation is 1. The fourth-order valence-electron chi connectivity index (χ4n) is 3.17. The zero-order chi connectivity index (χ0) is 18.2. The maximum atomic E-state index is 4.83. The molecule has 1 aliphatic heterocycles. The van der Waals surface area contributed by atoms with E-state index in [1.807, 2.05) is 11.3 Å². The molecule has 3 rings (SSSR count). The normalized spacial score (nSPS) is 16.2. The number of thiophene rings is 1. The Balaban J connectivity index is 1.51. The van der Waals surface area contributed by atoms with Crippen LogP contribution < -0.4 is 5.32 Å². The van der Waals surface area contributed by atoms with Crippen LogP contribution in [0.3, 0.4) is 0 Å². The molecule has 0 radical (unpaired) electrons. The molecule has 0 saturated carbocycles. The molecule has 1 saturated heterocycles. The molecule has 7 nitrogen and oxygen atoms in total. The van der Waals surface area contributed by atoms with E-state index in [2.05, 4.69) is 61.2 Å². The van der Waals surface area contributed by atoms with Crippen LogP contribution in [-0.4, -0.2) is 69.8 Å². The van der Waals surface area contributed by atoms with Crippen LogP contribution in [0.2, 0.25) is 0 Å². The highest BCUT2D eigenvalue weighted by molar-refractivity contribution is 7.09. The molecule has 2 aromatic heterocycles. The van der Waals surface area contributed by atoms with E-state index in [-0.39, 0.29) is 0 Å². The minimum absolute atomic E-state index is 0.739. The highest BCUT2D eigenvalue weighted by atomic mass is 32.1. The lowest BCUT2D eigenvalue weighted by molar-refractivity contribution is 0.173. The number of nitrogens with one attached hydrogen (secondary N) is 1. The first-order valence-electron chi connectivity index (χ1n) is 9.44. The molecule has 3 heterocycles. The third-order valence-corrected chi connectivity index (χ3v) is 5.44. The van der Waals surface area contributed by atoms with Gasteiger partial charge in [0.25, 0.3) is 0 Å². The van der Waals surface area contributed by atoms with Gasteiger partial charge in [-0.2, -0.15) is 0 Å². The largest absolute Gasteiger partial charge is 0.357 e. The molecule has 1 fully saturated rings. The van der Waals surface area contributed by atoms with Gasteiger partial charge in [0, 0.05) is 57.1 Å². The van der Waals surface area contributed by atoms with Crippen LogP contribution in [0, 0.1) is 0 Å². The average molecular weight is 376 g/mol. The van der Waals surface area contributed by atoms with Crippen LogP contribution >= 0.6 is 11.3 Å². The number of nitrogens with zero attached hydrogens (tertiary/aromatic N) is 6. The maximum absolute atomic E-state index is 4.83. The molecule has 0 atom stereocenters. The van der Waals surface area contributed by atoms with Gasteiger partial charge in [-0.1, -0.05) is 13.0 Å². The Morgan fingerprint density at radius 3 is 2.81 bits per heavy atom. The van der Waals surface area contributed by atoms with E-state index in [1.54, 1.807) is 6.33 Å². The maximum Gasteiger partial charge on any atom is 0.194 e. The molecule has 0 bridgehead atoms. The number of hydrogen-bond acceptors (Lipinski definition) is 5. The topological polar surface area (TPSA) is 61.6 Å². The van der Waals surface area contributed by atoms with Gasteiger partial charge in [-0.05, 0) is 18.4 Å². The Labute approximate surface area is 159 Å². The molecule has 26 heavy (non-hydrogen) atoms. The molecule has 0 aromatic carbocycles. The van der Waals surface area contributed by atoms with Gasteiger partial charge in [-0.25, -0.2) is 0 Å². The fraction of sp³-hybridized carbons (Fsp3) is 0.611. The van der Waals surface area contributed by atoms with Gasteiger partial charge < -0.3 is 14.8 Å². The summed E-state index contributed by atoms with van der Waals surface area (Å²) in [6, 6.07) is 4.35. The summed E-state index contributed by atoms with van der Waals surface area (Å²) < 4.78 is 2.09. The summed E-state index contributed by atoms with van der Waals surface area (Å²) >= 11 is 1.84. The van der Waals surface area contributed by atoms with Gasteiger partial charge in [-0.15, -0.1) is 21.5 Å². The summed E-state index contributed by atoms with van der Waals surface area (Å²) in [4.78, 5) is 11.2. The highest BCUT2D eigenvalue weighted by Crippen LogP contribution is 2.13. The van der Waals surface area contributed by atoms with Crippen molar-refractivity contribution in [2.75, 3.05) is 39.3 Å². The number of aromatic nitrogens is 3. The first-order valence-corrected chi connectivity index (χ1v) is 10.3. The van der Waals surface area contributed by atoms with Crippen molar-refractivity contribution in [2.45, 2.75) is 33.4 Å². The van der Waals surface area contributed by atoms with Gasteiger partial charge in [-0.3, -0.25) is 9.89 Å². The van der Waals surface area contributed by atoms with Crippen molar-refractivity contribution in [3.05, 3.63) is 34.5 Å². The molecule has 0 amide bonds. The Bertz CT molecular complexity index is 672. The number of rotatable bonds is 7. The summed E-state index contributed by atoms with van der Waals surface area (Å²) in [6.07, 6.45) is 2.70. The summed E-state index contributed by atoms with van der Waals surface area (Å²) in [7, 11) is 0. The molecular weight excluding hydrogens is 346 g/mol. The van der Waals surface area contributed by atoms with Gasteiger partial charge in [0.2, 0.25) is 0 Å². The molecule has 0 spiro atoms. The SMILES string of the molecule is CCNC(=NCCn1cnnc1CC)N1CCN(Cc2cccs2)CC1. The zero-order valence-corrected chi connectivity index (χ0v) is 16.6. The third kappa shape index (κ3) is 5.04. The van der Waals surface area contributed by atoms with Crippen LogP contribution in [0.25, 0.3) is 0 Å². The van der Waals surface area contributed by atoms with E-state index in [1.165, 1.54) is 4.88 Å². The summed E-state index contributed by atoms with van der Waals surface area (Å²) in [5, 5.41) is 13.7. The Kier molecular flexibility index (Phi) is 7.02. The van der Waals surface area contributed by atoms with Crippen molar-refractivity contribution in [3.63, 3.8) is 0 Å². The monoisotopic (exact) mass is 375 g/mol. The summed E-state index contributed by atoms with van der Waals surface area (Å²) in [5.74, 6) is 2.04. The number of hydrogen-bond donors (Lipinski definition) is 1. The second kappa shape index (κ2) is 9.68. The molecule has 1 N–H and O–H groups in total. The Morgan fingerprint density at radius 2 is 2.12 bits per heavy atom. The summed E-state index contributed by atoms with van der Waals surface area (Å²) in [6.45, 7) is 11.9. The van der Waals surface area contributed by atoms with Gasteiger partial charge in [0.15, 0.2) is 5.96 Å². The molecule has 0 aliphatic carbocycles. The Hall–Kier alpha value is -1.93. The van der Waals surface area contributed by atoms with Gasteiger partial charge >= 0.3 is 0 Å². The molecule has 2 aromatic rings. The van der Waals surface area contributed by atoms with Crippen LogP contribution in [0.4, 0.5) is 0 Å². The van der Waals surface area contributed by atoms with Crippen molar-refractivity contribution in [2.24, 2.45) is 4.99 Å². The van der Waals surface area contributed by atoms with Gasteiger partial charge in [0.1, 0.15) is 12.2 Å². The second-order valence-electron chi connectivity index (χ2n) is 6.37. The van der Waals surface area contributed by atoms with Crippen LogP contribution in [0.15, 0.2) is 28.8 Å². The standard InChI is InChI=1S/C18H29N7S/c1-3-17-22-21-15-25(17)8-7-20-18(19-4-2)24-11-9-23(10-12-24)14-16-6-5-13-26-16/h5-6,13,15H,3-4,7-12,14H2,1-2H3,(H,19,20). The molecule has 8 heteroatoms. The van der Waals surface area contributed by atoms with Crippen molar-refractivity contribution < 1.29 is 0 Å². The van der Waals surface area contributed by atoms with Crippen molar-refractivity contribution >= 4 is 17.3 Å². The van der Waals surface area contributed by atoms with Crippen molar-refractivity contribution in [1.29, 1.82) is 0 Å². The zero-order valence-electron chi connectivity index (χ0n) is 15.8.